The molecule has 2 amide bonds. The minimum Gasteiger partial charge on any atom is -0.497 e. The fraction of sp³-hybridized carbons (Fsp3) is 0.529. The number of hydrogen-bond donors (Lipinski definition) is 1. The Hall–Kier alpha value is -1.79. The smallest absolute Gasteiger partial charge is 0.228 e. The molecule has 0 bridgehead atoms. The lowest BCUT2D eigenvalue weighted by atomic mass is 10.0. The third-order valence-corrected chi connectivity index (χ3v) is 4.71. The van der Waals surface area contributed by atoms with Crippen molar-refractivity contribution in [3.63, 3.8) is 0 Å². The van der Waals surface area contributed by atoms with Crippen molar-refractivity contribution in [2.45, 2.75) is 25.3 Å². The number of nitrogens with zero attached hydrogens (tertiary/aromatic N) is 2. The number of anilines is 1. The summed E-state index contributed by atoms with van der Waals surface area (Å²) in [6.07, 6.45) is 1.97. The SMILES string of the molecule is COc1ccc(N2CC(C(=O)N3CCC(N)CC3)CC2=O)cc1.Cl. The van der Waals surface area contributed by atoms with Crippen LogP contribution in [0.15, 0.2) is 24.3 Å². The molecule has 2 fully saturated rings. The summed E-state index contributed by atoms with van der Waals surface area (Å²) in [5, 5.41) is 0. The number of nitrogens with two attached hydrogens (primary N) is 1. The molecule has 2 saturated heterocycles. The molecule has 0 spiro atoms. The molecule has 6 nitrogen and oxygen atoms in total. The van der Waals surface area contributed by atoms with Gasteiger partial charge in [0.2, 0.25) is 11.8 Å². The number of carbonyl (C=O) groups is 2. The summed E-state index contributed by atoms with van der Waals surface area (Å²) in [6.45, 7) is 1.85. The van der Waals surface area contributed by atoms with E-state index in [1.54, 1.807) is 12.0 Å². The van der Waals surface area contributed by atoms with Crippen LogP contribution in [-0.4, -0.2) is 49.5 Å². The lowest BCUT2D eigenvalue weighted by molar-refractivity contribution is -0.136. The van der Waals surface area contributed by atoms with Gasteiger partial charge in [0.15, 0.2) is 0 Å². The quantitative estimate of drug-likeness (QED) is 0.891. The average molecular weight is 354 g/mol. The number of amides is 2. The van der Waals surface area contributed by atoms with Gasteiger partial charge in [0, 0.05) is 37.8 Å². The van der Waals surface area contributed by atoms with E-state index in [2.05, 4.69) is 0 Å². The number of halogens is 1. The van der Waals surface area contributed by atoms with Gasteiger partial charge >= 0.3 is 0 Å². The maximum atomic E-state index is 12.6. The van der Waals surface area contributed by atoms with Crippen molar-refractivity contribution in [1.29, 1.82) is 0 Å². The monoisotopic (exact) mass is 353 g/mol. The van der Waals surface area contributed by atoms with E-state index in [4.69, 9.17) is 10.5 Å². The van der Waals surface area contributed by atoms with Crippen molar-refractivity contribution in [3.8, 4) is 5.75 Å². The van der Waals surface area contributed by atoms with Gasteiger partial charge in [-0.3, -0.25) is 9.59 Å². The van der Waals surface area contributed by atoms with E-state index in [0.29, 0.717) is 19.6 Å². The standard InChI is InChI=1S/C17H23N3O3.ClH/c1-23-15-4-2-14(3-5-15)20-11-12(10-16(20)21)17(22)19-8-6-13(18)7-9-19;/h2-5,12-13H,6-11,18H2,1H3;1H. The number of carbonyl (C=O) groups excluding carboxylic acids is 2. The van der Waals surface area contributed by atoms with Gasteiger partial charge in [-0.1, -0.05) is 0 Å². The number of likely N-dealkylation sites (tertiary alicyclic amines) is 1. The third kappa shape index (κ3) is 3.82. The lowest BCUT2D eigenvalue weighted by Crippen LogP contribution is -2.45. The second-order valence-electron chi connectivity index (χ2n) is 6.27. The summed E-state index contributed by atoms with van der Waals surface area (Å²) in [5.74, 6) is 0.583. The Bertz CT molecular complexity index is 585. The predicted molar refractivity (Wildman–Crippen MR) is 94.5 cm³/mol. The zero-order chi connectivity index (χ0) is 16.4. The summed E-state index contributed by atoms with van der Waals surface area (Å²) >= 11 is 0. The summed E-state index contributed by atoms with van der Waals surface area (Å²) in [4.78, 5) is 28.5. The molecule has 1 aromatic rings. The molecule has 24 heavy (non-hydrogen) atoms. The number of piperidine rings is 1. The van der Waals surface area contributed by atoms with Crippen LogP contribution in [0.5, 0.6) is 5.75 Å². The first-order chi connectivity index (χ1) is 11.1. The van der Waals surface area contributed by atoms with Crippen LogP contribution in [-0.2, 0) is 9.59 Å². The molecule has 2 aliphatic rings. The summed E-state index contributed by atoms with van der Waals surface area (Å²) < 4.78 is 5.13. The first-order valence-corrected chi connectivity index (χ1v) is 8.07. The van der Waals surface area contributed by atoms with Gasteiger partial charge in [-0.05, 0) is 37.1 Å². The Morgan fingerprint density at radius 3 is 2.42 bits per heavy atom. The summed E-state index contributed by atoms with van der Waals surface area (Å²) in [6, 6.07) is 7.54. The second kappa shape index (κ2) is 7.85. The highest BCUT2D eigenvalue weighted by molar-refractivity contribution is 6.00. The molecule has 0 aliphatic carbocycles. The molecular formula is C17H24ClN3O3. The highest BCUT2D eigenvalue weighted by atomic mass is 35.5. The molecular weight excluding hydrogens is 330 g/mol. The largest absolute Gasteiger partial charge is 0.497 e. The number of ether oxygens (including phenoxy) is 1. The van der Waals surface area contributed by atoms with E-state index < -0.39 is 0 Å². The Morgan fingerprint density at radius 1 is 1.21 bits per heavy atom. The minimum absolute atomic E-state index is 0. The van der Waals surface area contributed by atoms with Gasteiger partial charge in [-0.25, -0.2) is 0 Å². The molecule has 1 unspecified atom stereocenters. The van der Waals surface area contributed by atoms with Gasteiger partial charge in [-0.2, -0.15) is 0 Å². The number of methoxy groups -OCH3 is 1. The zero-order valence-corrected chi connectivity index (χ0v) is 14.6. The summed E-state index contributed by atoms with van der Waals surface area (Å²) in [5.41, 5.74) is 6.70. The van der Waals surface area contributed by atoms with Gasteiger partial charge in [0.25, 0.3) is 0 Å². The normalized spacial score (nSPS) is 21.6. The van der Waals surface area contributed by atoms with Crippen LogP contribution in [0.25, 0.3) is 0 Å². The van der Waals surface area contributed by atoms with E-state index >= 15 is 0 Å². The predicted octanol–water partition coefficient (Wildman–Crippen LogP) is 1.42. The molecule has 2 N–H and O–H groups in total. The van der Waals surface area contributed by atoms with Crippen molar-refractivity contribution in [1.82, 2.24) is 4.90 Å². The van der Waals surface area contributed by atoms with E-state index in [9.17, 15) is 9.59 Å². The first kappa shape index (κ1) is 18.5. The van der Waals surface area contributed by atoms with Gasteiger partial charge in [0.1, 0.15) is 5.75 Å². The lowest BCUT2D eigenvalue weighted by Gasteiger charge is -2.31. The number of benzene rings is 1. The zero-order valence-electron chi connectivity index (χ0n) is 13.8. The molecule has 2 heterocycles. The van der Waals surface area contributed by atoms with Crippen LogP contribution in [0.1, 0.15) is 19.3 Å². The molecule has 2 aliphatic heterocycles. The van der Waals surface area contributed by atoms with Crippen LogP contribution < -0.4 is 15.4 Å². The molecule has 1 aromatic carbocycles. The minimum atomic E-state index is -0.251. The van der Waals surface area contributed by atoms with Crippen molar-refractivity contribution >= 4 is 29.9 Å². The number of hydrogen-bond acceptors (Lipinski definition) is 4. The van der Waals surface area contributed by atoms with Gasteiger partial charge in [0.05, 0.1) is 13.0 Å². The van der Waals surface area contributed by atoms with Crippen LogP contribution >= 0.6 is 12.4 Å². The molecule has 132 valence electrons. The average Bonchev–Trinajstić information content (AvgIpc) is 2.97. The van der Waals surface area contributed by atoms with Crippen molar-refractivity contribution < 1.29 is 14.3 Å². The second-order valence-corrected chi connectivity index (χ2v) is 6.27. The van der Waals surface area contributed by atoms with Crippen LogP contribution in [0, 0.1) is 5.92 Å². The Morgan fingerprint density at radius 2 is 1.83 bits per heavy atom. The maximum Gasteiger partial charge on any atom is 0.228 e. The molecule has 0 saturated carbocycles. The van der Waals surface area contributed by atoms with Crippen LogP contribution in [0.3, 0.4) is 0 Å². The highest BCUT2D eigenvalue weighted by Crippen LogP contribution is 2.28. The fourth-order valence-electron chi connectivity index (χ4n) is 3.26. The highest BCUT2D eigenvalue weighted by Gasteiger charge is 2.37. The van der Waals surface area contributed by atoms with Crippen LogP contribution in [0.2, 0.25) is 0 Å². The molecule has 7 heteroatoms. The van der Waals surface area contributed by atoms with Crippen molar-refractivity contribution in [3.05, 3.63) is 24.3 Å². The number of rotatable bonds is 3. The topological polar surface area (TPSA) is 75.9 Å². The Balaban J connectivity index is 0.00000208. The summed E-state index contributed by atoms with van der Waals surface area (Å²) in [7, 11) is 1.61. The maximum absolute atomic E-state index is 12.6. The molecule has 0 aromatic heterocycles. The Kier molecular flexibility index (Phi) is 6.07. The van der Waals surface area contributed by atoms with Gasteiger partial charge in [-0.15, -0.1) is 12.4 Å². The van der Waals surface area contributed by atoms with E-state index in [1.165, 1.54) is 0 Å². The van der Waals surface area contributed by atoms with Crippen molar-refractivity contribution in [2.75, 3.05) is 31.6 Å². The third-order valence-electron chi connectivity index (χ3n) is 4.71. The molecule has 3 rings (SSSR count). The molecule has 0 radical (unpaired) electrons. The van der Waals surface area contributed by atoms with E-state index in [-0.39, 0.29) is 42.6 Å². The van der Waals surface area contributed by atoms with Crippen molar-refractivity contribution in [2.24, 2.45) is 11.7 Å². The Labute approximate surface area is 148 Å². The van der Waals surface area contributed by atoms with Crippen LogP contribution in [0.4, 0.5) is 5.69 Å². The first-order valence-electron chi connectivity index (χ1n) is 8.07. The van der Waals surface area contributed by atoms with E-state index in [0.717, 1.165) is 24.3 Å². The van der Waals surface area contributed by atoms with E-state index in [1.807, 2.05) is 29.2 Å². The molecule has 1 atom stereocenters. The fourth-order valence-corrected chi connectivity index (χ4v) is 3.26. The van der Waals surface area contributed by atoms with Gasteiger partial charge < -0.3 is 20.3 Å².